The Morgan fingerprint density at radius 1 is 1.09 bits per heavy atom. The summed E-state index contributed by atoms with van der Waals surface area (Å²) >= 11 is 1.52. The summed E-state index contributed by atoms with van der Waals surface area (Å²) in [4.78, 5) is 13.4. The molecule has 0 radical (unpaired) electrons. The highest BCUT2D eigenvalue weighted by Gasteiger charge is 2.42. The Morgan fingerprint density at radius 3 is 2.15 bits per heavy atom. The summed E-state index contributed by atoms with van der Waals surface area (Å²) in [6, 6.07) is 12.3. The van der Waals surface area contributed by atoms with Crippen LogP contribution in [-0.4, -0.2) is 42.1 Å². The number of nitrogens with zero attached hydrogens (tertiary/aromatic N) is 1. The van der Waals surface area contributed by atoms with Gasteiger partial charge < -0.3 is 10.4 Å². The van der Waals surface area contributed by atoms with Crippen molar-refractivity contribution in [2.45, 2.75) is 43.4 Å². The van der Waals surface area contributed by atoms with Gasteiger partial charge in [0.2, 0.25) is 5.91 Å². The highest BCUT2D eigenvalue weighted by molar-refractivity contribution is 7.99. The normalized spacial score (nSPS) is 13.4. The molecular formula is C24H28F3N3O2S. The average Bonchev–Trinajstić information content (AvgIpc) is 2.78. The van der Waals surface area contributed by atoms with Gasteiger partial charge in [0.1, 0.15) is 12.6 Å². The van der Waals surface area contributed by atoms with E-state index in [0.29, 0.717) is 5.75 Å². The third kappa shape index (κ3) is 8.39. The second-order valence-corrected chi connectivity index (χ2v) is 9.09. The fraction of sp³-hybridized carbons (Fsp3) is 0.417. The van der Waals surface area contributed by atoms with Gasteiger partial charge in [-0.3, -0.25) is 10.1 Å². The molecule has 0 fully saturated rings. The topological polar surface area (TPSA) is 85.2 Å². The van der Waals surface area contributed by atoms with Crippen LogP contribution in [0.2, 0.25) is 0 Å². The molecule has 2 aromatic carbocycles. The Labute approximate surface area is 196 Å². The molecule has 1 amide bonds. The molecule has 0 aromatic heterocycles. The molecule has 0 aliphatic rings. The SMILES string of the molecule is CC(C)C[C@H](N[C@@H](c1ccc(-c2ccc(SCCO)cc2)cc1)C(F)(F)F)C(=O)NCC#N. The number of halogens is 3. The molecule has 0 saturated heterocycles. The van der Waals surface area contributed by atoms with Gasteiger partial charge in [0, 0.05) is 10.6 Å². The van der Waals surface area contributed by atoms with Gasteiger partial charge in [0.15, 0.2) is 0 Å². The van der Waals surface area contributed by atoms with Crippen molar-refractivity contribution in [3.63, 3.8) is 0 Å². The molecule has 178 valence electrons. The van der Waals surface area contributed by atoms with Crippen LogP contribution in [0.1, 0.15) is 31.9 Å². The second kappa shape index (κ2) is 12.6. The van der Waals surface area contributed by atoms with Crippen molar-refractivity contribution in [3.05, 3.63) is 54.1 Å². The van der Waals surface area contributed by atoms with Crippen LogP contribution in [0, 0.1) is 17.2 Å². The van der Waals surface area contributed by atoms with Crippen LogP contribution >= 0.6 is 11.8 Å². The van der Waals surface area contributed by atoms with Crippen LogP contribution in [-0.2, 0) is 4.79 Å². The number of hydrogen-bond donors (Lipinski definition) is 3. The van der Waals surface area contributed by atoms with Crippen LogP contribution in [0.4, 0.5) is 13.2 Å². The first kappa shape index (κ1) is 26.7. The molecule has 3 N–H and O–H groups in total. The lowest BCUT2D eigenvalue weighted by Crippen LogP contribution is -2.49. The fourth-order valence-electron chi connectivity index (χ4n) is 3.33. The fourth-order valence-corrected chi connectivity index (χ4v) is 3.98. The lowest BCUT2D eigenvalue weighted by molar-refractivity contribution is -0.161. The first-order valence-electron chi connectivity index (χ1n) is 10.6. The van der Waals surface area contributed by atoms with Gasteiger partial charge in [-0.05, 0) is 41.2 Å². The Morgan fingerprint density at radius 2 is 1.67 bits per heavy atom. The van der Waals surface area contributed by atoms with Crippen molar-refractivity contribution >= 4 is 17.7 Å². The zero-order valence-electron chi connectivity index (χ0n) is 18.5. The van der Waals surface area contributed by atoms with E-state index in [2.05, 4.69) is 10.6 Å². The quantitative estimate of drug-likeness (QED) is 0.322. The van der Waals surface area contributed by atoms with E-state index >= 15 is 0 Å². The first-order chi connectivity index (χ1) is 15.7. The van der Waals surface area contributed by atoms with Crippen molar-refractivity contribution in [2.24, 2.45) is 5.92 Å². The van der Waals surface area contributed by atoms with Crippen LogP contribution in [0.25, 0.3) is 11.1 Å². The molecule has 0 heterocycles. The summed E-state index contributed by atoms with van der Waals surface area (Å²) in [6.45, 7) is 3.45. The summed E-state index contributed by atoms with van der Waals surface area (Å²) in [5.41, 5.74) is 1.63. The van der Waals surface area contributed by atoms with E-state index in [1.165, 1.54) is 23.9 Å². The zero-order chi connectivity index (χ0) is 24.4. The standard InChI is InChI=1S/C24H28F3N3O2S/c1-16(2)15-21(23(32)29-12-11-28)30-22(24(25,26)27)19-5-3-17(4-6-19)18-7-9-20(10-8-18)33-14-13-31/h3-10,16,21-22,30-31H,12-15H2,1-2H3,(H,29,32)/t21-,22-/m0/s1. The molecular weight excluding hydrogens is 451 g/mol. The Bertz CT molecular complexity index is 926. The van der Waals surface area contributed by atoms with E-state index < -0.39 is 24.2 Å². The predicted octanol–water partition coefficient (Wildman–Crippen LogP) is 4.69. The number of rotatable bonds is 11. The van der Waals surface area contributed by atoms with E-state index in [-0.39, 0.29) is 31.1 Å². The second-order valence-electron chi connectivity index (χ2n) is 7.92. The largest absolute Gasteiger partial charge is 0.407 e. The molecule has 33 heavy (non-hydrogen) atoms. The summed E-state index contributed by atoms with van der Waals surface area (Å²) < 4.78 is 41.8. The number of thioether (sulfide) groups is 1. The summed E-state index contributed by atoms with van der Waals surface area (Å²) in [5, 5.41) is 22.4. The smallest absolute Gasteiger partial charge is 0.396 e. The van der Waals surface area contributed by atoms with E-state index in [1.54, 1.807) is 18.2 Å². The van der Waals surface area contributed by atoms with Crippen LogP contribution in [0.3, 0.4) is 0 Å². The molecule has 2 atom stereocenters. The minimum absolute atomic E-state index is 0.00297. The van der Waals surface area contributed by atoms with Gasteiger partial charge in [-0.2, -0.15) is 18.4 Å². The summed E-state index contributed by atoms with van der Waals surface area (Å²) in [7, 11) is 0. The molecule has 0 saturated carbocycles. The third-order valence-electron chi connectivity index (χ3n) is 4.85. The molecule has 9 heteroatoms. The maximum atomic E-state index is 13.9. The maximum Gasteiger partial charge on any atom is 0.407 e. The molecule has 5 nitrogen and oxygen atoms in total. The van der Waals surface area contributed by atoms with Crippen LogP contribution in [0.5, 0.6) is 0 Å². The Balaban J connectivity index is 2.23. The van der Waals surface area contributed by atoms with Gasteiger partial charge in [-0.25, -0.2) is 0 Å². The monoisotopic (exact) mass is 479 g/mol. The number of nitriles is 1. The third-order valence-corrected chi connectivity index (χ3v) is 5.84. The average molecular weight is 480 g/mol. The van der Waals surface area contributed by atoms with E-state index in [4.69, 9.17) is 10.4 Å². The Kier molecular flexibility index (Phi) is 10.2. The number of aliphatic hydroxyl groups excluding tert-OH is 1. The molecule has 0 unspecified atom stereocenters. The number of amides is 1. The Hall–Kier alpha value is -2.54. The zero-order valence-corrected chi connectivity index (χ0v) is 19.3. The van der Waals surface area contributed by atoms with E-state index in [0.717, 1.165) is 16.0 Å². The number of hydrogen-bond acceptors (Lipinski definition) is 5. The number of carbonyl (C=O) groups excluding carboxylic acids is 1. The highest BCUT2D eigenvalue weighted by atomic mass is 32.2. The number of benzene rings is 2. The summed E-state index contributed by atoms with van der Waals surface area (Å²) in [5.74, 6) is -0.0629. The van der Waals surface area contributed by atoms with Crippen LogP contribution in [0.15, 0.2) is 53.4 Å². The van der Waals surface area contributed by atoms with Gasteiger partial charge in [0.05, 0.1) is 18.7 Å². The predicted molar refractivity (Wildman–Crippen MR) is 123 cm³/mol. The van der Waals surface area contributed by atoms with Gasteiger partial charge in [-0.15, -0.1) is 11.8 Å². The lowest BCUT2D eigenvalue weighted by atomic mass is 9.97. The van der Waals surface area contributed by atoms with Crippen molar-refractivity contribution in [1.29, 1.82) is 5.26 Å². The van der Waals surface area contributed by atoms with Crippen molar-refractivity contribution in [3.8, 4) is 17.2 Å². The molecule has 0 aliphatic carbocycles. The first-order valence-corrected chi connectivity index (χ1v) is 11.6. The van der Waals surface area contributed by atoms with Gasteiger partial charge in [0.25, 0.3) is 0 Å². The minimum Gasteiger partial charge on any atom is -0.396 e. The molecule has 2 rings (SSSR count). The molecule has 0 aliphatic heterocycles. The van der Waals surface area contributed by atoms with Crippen molar-refractivity contribution in [2.75, 3.05) is 18.9 Å². The van der Waals surface area contributed by atoms with Gasteiger partial charge >= 0.3 is 6.18 Å². The van der Waals surface area contributed by atoms with Gasteiger partial charge in [-0.1, -0.05) is 50.2 Å². The van der Waals surface area contributed by atoms with E-state index in [9.17, 15) is 18.0 Å². The minimum atomic E-state index is -4.61. The van der Waals surface area contributed by atoms with Crippen LogP contribution < -0.4 is 10.6 Å². The van der Waals surface area contributed by atoms with E-state index in [1.807, 2.05) is 38.1 Å². The molecule has 0 bridgehead atoms. The summed E-state index contributed by atoms with van der Waals surface area (Å²) in [6.07, 6.45) is -4.42. The lowest BCUT2D eigenvalue weighted by Gasteiger charge is -2.28. The molecule has 0 spiro atoms. The highest BCUT2D eigenvalue weighted by Crippen LogP contribution is 2.35. The number of aliphatic hydroxyl groups is 1. The number of alkyl halides is 3. The number of carbonyl (C=O) groups is 1. The number of nitrogens with one attached hydrogen (secondary N) is 2. The maximum absolute atomic E-state index is 13.9. The van der Waals surface area contributed by atoms with Crippen molar-refractivity contribution in [1.82, 2.24) is 10.6 Å². The molecule has 2 aromatic rings. The van der Waals surface area contributed by atoms with Crippen molar-refractivity contribution < 1.29 is 23.1 Å².